The molecule has 0 fully saturated rings. The van der Waals surface area contributed by atoms with Crippen molar-refractivity contribution in [3.8, 4) is 0 Å². The van der Waals surface area contributed by atoms with Gasteiger partial charge >= 0.3 is 0 Å². The van der Waals surface area contributed by atoms with Gasteiger partial charge in [-0.1, -0.05) is 42.0 Å². The van der Waals surface area contributed by atoms with E-state index >= 15 is 0 Å². The third-order valence-electron chi connectivity index (χ3n) is 3.63. The number of carbonyl (C=O) groups excluding carboxylic acids is 1. The van der Waals surface area contributed by atoms with Crippen LogP contribution >= 0.6 is 0 Å². The molecule has 3 rings (SSSR count). The lowest BCUT2D eigenvalue weighted by molar-refractivity contribution is -0.111. The zero-order chi connectivity index (χ0) is 17.6. The minimum Gasteiger partial charge on any atom is -0.320 e. The minimum atomic E-state index is -0.303. The number of hydrogen-bond donors (Lipinski definition) is 1. The fraction of sp³-hybridized carbons (Fsp3) is 0.100. The Morgan fingerprint density at radius 3 is 2.80 bits per heavy atom. The predicted octanol–water partition coefficient (Wildman–Crippen LogP) is 4.03. The number of amides is 1. The summed E-state index contributed by atoms with van der Waals surface area (Å²) in [6.07, 6.45) is 6.43. The van der Waals surface area contributed by atoms with Crippen LogP contribution in [0.4, 0.5) is 10.1 Å². The number of rotatable bonds is 5. The van der Waals surface area contributed by atoms with Crippen molar-refractivity contribution >= 4 is 17.7 Å². The summed E-state index contributed by atoms with van der Waals surface area (Å²) in [5, 5.41) is 7.02. The number of aryl methyl sites for hydroxylation is 1. The Morgan fingerprint density at radius 2 is 2.04 bits per heavy atom. The molecule has 0 saturated carbocycles. The summed E-state index contributed by atoms with van der Waals surface area (Å²) >= 11 is 0. The van der Waals surface area contributed by atoms with Crippen molar-refractivity contribution in [1.29, 1.82) is 0 Å². The van der Waals surface area contributed by atoms with Gasteiger partial charge in [0.25, 0.3) is 0 Å². The Kier molecular flexibility index (Phi) is 5.04. The third-order valence-corrected chi connectivity index (χ3v) is 3.63. The first kappa shape index (κ1) is 16.6. The normalized spacial score (nSPS) is 11.0. The number of aromatic nitrogens is 2. The molecule has 0 spiro atoms. The molecule has 1 aromatic heterocycles. The van der Waals surface area contributed by atoms with Gasteiger partial charge in [0, 0.05) is 12.3 Å². The van der Waals surface area contributed by atoms with Crippen molar-refractivity contribution in [3.63, 3.8) is 0 Å². The van der Waals surface area contributed by atoms with E-state index in [4.69, 9.17) is 0 Å². The van der Waals surface area contributed by atoms with Gasteiger partial charge in [0.2, 0.25) is 5.91 Å². The van der Waals surface area contributed by atoms with Crippen molar-refractivity contribution < 1.29 is 9.18 Å². The molecule has 0 radical (unpaired) electrons. The quantitative estimate of drug-likeness (QED) is 0.716. The molecule has 3 aromatic rings. The molecule has 2 aromatic carbocycles. The summed E-state index contributed by atoms with van der Waals surface area (Å²) in [7, 11) is 0. The molecule has 0 aliphatic carbocycles. The van der Waals surface area contributed by atoms with E-state index in [0.29, 0.717) is 12.2 Å². The Hall–Kier alpha value is -3.21. The smallest absolute Gasteiger partial charge is 0.248 e. The van der Waals surface area contributed by atoms with Crippen LogP contribution in [0.1, 0.15) is 16.7 Å². The van der Waals surface area contributed by atoms with Crippen LogP contribution in [0, 0.1) is 12.7 Å². The number of carbonyl (C=O) groups is 1. The van der Waals surface area contributed by atoms with Crippen LogP contribution in [0.15, 0.2) is 67.0 Å². The van der Waals surface area contributed by atoms with Crippen molar-refractivity contribution in [2.75, 3.05) is 5.32 Å². The molecule has 4 nitrogen and oxygen atoms in total. The van der Waals surface area contributed by atoms with Gasteiger partial charge in [-0.3, -0.25) is 9.48 Å². The Balaban J connectivity index is 1.59. The number of nitrogens with one attached hydrogen (secondary N) is 1. The van der Waals surface area contributed by atoms with E-state index in [9.17, 15) is 9.18 Å². The zero-order valence-electron chi connectivity index (χ0n) is 13.8. The van der Waals surface area contributed by atoms with E-state index in [0.717, 1.165) is 11.1 Å². The van der Waals surface area contributed by atoms with Crippen LogP contribution in [0.25, 0.3) is 6.08 Å². The summed E-state index contributed by atoms with van der Waals surface area (Å²) < 4.78 is 14.6. The van der Waals surface area contributed by atoms with Crippen LogP contribution < -0.4 is 5.32 Å². The second kappa shape index (κ2) is 7.57. The number of anilines is 1. The van der Waals surface area contributed by atoms with Crippen molar-refractivity contribution in [1.82, 2.24) is 9.78 Å². The highest BCUT2D eigenvalue weighted by Crippen LogP contribution is 2.10. The molecular weight excluding hydrogens is 317 g/mol. The van der Waals surface area contributed by atoms with E-state index in [1.807, 2.05) is 25.1 Å². The van der Waals surface area contributed by atoms with Gasteiger partial charge in [0.1, 0.15) is 5.82 Å². The van der Waals surface area contributed by atoms with Crippen molar-refractivity contribution in [2.24, 2.45) is 0 Å². The minimum absolute atomic E-state index is 0.264. The monoisotopic (exact) mass is 335 g/mol. The predicted molar refractivity (Wildman–Crippen MR) is 96.6 cm³/mol. The van der Waals surface area contributed by atoms with Crippen LogP contribution in [-0.4, -0.2) is 15.7 Å². The first-order chi connectivity index (χ1) is 12.1. The summed E-state index contributed by atoms with van der Waals surface area (Å²) in [6.45, 7) is 2.69. The lowest BCUT2D eigenvalue weighted by atomic mass is 10.1. The number of hydrogen-bond acceptors (Lipinski definition) is 2. The van der Waals surface area contributed by atoms with Crippen LogP contribution in [0.3, 0.4) is 0 Å². The van der Waals surface area contributed by atoms with E-state index in [1.165, 1.54) is 23.8 Å². The molecule has 25 heavy (non-hydrogen) atoms. The molecule has 5 heteroatoms. The maximum absolute atomic E-state index is 12.8. The molecule has 0 aliphatic heterocycles. The van der Waals surface area contributed by atoms with Crippen molar-refractivity contribution in [2.45, 2.75) is 13.5 Å². The molecule has 1 N–H and O–H groups in total. The average Bonchev–Trinajstić information content (AvgIpc) is 3.01. The highest BCUT2D eigenvalue weighted by Gasteiger charge is 2.03. The first-order valence-corrected chi connectivity index (χ1v) is 7.91. The Labute approximate surface area is 145 Å². The molecule has 0 unspecified atom stereocenters. The Bertz CT molecular complexity index is 897. The molecular formula is C20H18FN3O. The van der Waals surface area contributed by atoms with Gasteiger partial charge in [0.05, 0.1) is 18.4 Å². The van der Waals surface area contributed by atoms with E-state index in [1.54, 1.807) is 35.3 Å². The summed E-state index contributed by atoms with van der Waals surface area (Å²) in [6, 6.07) is 14.1. The highest BCUT2D eigenvalue weighted by atomic mass is 19.1. The van der Waals surface area contributed by atoms with Gasteiger partial charge in [-0.05, 0) is 36.3 Å². The SMILES string of the molecule is Cc1cccc(Cn2cc(NC(=O)/C=C/c3ccc(F)cc3)cn2)c1. The number of nitrogens with zero attached hydrogens (tertiary/aromatic N) is 2. The molecule has 0 atom stereocenters. The van der Waals surface area contributed by atoms with E-state index < -0.39 is 0 Å². The standard InChI is InChI=1S/C20H18FN3O/c1-15-3-2-4-17(11-15)13-24-14-19(12-22-24)23-20(25)10-7-16-5-8-18(21)9-6-16/h2-12,14H,13H2,1H3,(H,23,25)/b10-7+. The zero-order valence-corrected chi connectivity index (χ0v) is 13.8. The van der Waals surface area contributed by atoms with Gasteiger partial charge in [0.15, 0.2) is 0 Å². The van der Waals surface area contributed by atoms with Gasteiger partial charge < -0.3 is 5.32 Å². The molecule has 0 aliphatic rings. The van der Waals surface area contributed by atoms with Crippen LogP contribution in [-0.2, 0) is 11.3 Å². The Morgan fingerprint density at radius 1 is 1.24 bits per heavy atom. The largest absolute Gasteiger partial charge is 0.320 e. The lowest BCUT2D eigenvalue weighted by Crippen LogP contribution is -2.07. The van der Waals surface area contributed by atoms with E-state index in [2.05, 4.69) is 16.5 Å². The summed E-state index contributed by atoms with van der Waals surface area (Å²) in [5.41, 5.74) is 3.73. The fourth-order valence-corrected chi connectivity index (χ4v) is 2.44. The molecule has 0 bridgehead atoms. The first-order valence-electron chi connectivity index (χ1n) is 7.91. The summed E-state index contributed by atoms with van der Waals surface area (Å²) in [4.78, 5) is 12.0. The van der Waals surface area contributed by atoms with Gasteiger partial charge in [-0.15, -0.1) is 0 Å². The number of benzene rings is 2. The molecule has 126 valence electrons. The fourth-order valence-electron chi connectivity index (χ4n) is 2.44. The van der Waals surface area contributed by atoms with Gasteiger partial charge in [-0.25, -0.2) is 4.39 Å². The molecule has 1 amide bonds. The second-order valence-electron chi connectivity index (χ2n) is 5.79. The maximum Gasteiger partial charge on any atom is 0.248 e. The second-order valence-corrected chi connectivity index (χ2v) is 5.79. The molecule has 0 saturated heterocycles. The lowest BCUT2D eigenvalue weighted by Gasteiger charge is -2.02. The third kappa shape index (κ3) is 4.88. The number of halogens is 1. The molecule has 1 heterocycles. The maximum atomic E-state index is 12.8. The van der Waals surface area contributed by atoms with Crippen LogP contribution in [0.5, 0.6) is 0 Å². The van der Waals surface area contributed by atoms with Gasteiger partial charge in [-0.2, -0.15) is 5.10 Å². The van der Waals surface area contributed by atoms with E-state index in [-0.39, 0.29) is 11.7 Å². The van der Waals surface area contributed by atoms with Crippen LogP contribution in [0.2, 0.25) is 0 Å². The summed E-state index contributed by atoms with van der Waals surface area (Å²) in [5.74, 6) is -0.568. The topological polar surface area (TPSA) is 46.9 Å². The van der Waals surface area contributed by atoms with Crippen molar-refractivity contribution in [3.05, 3.63) is 89.5 Å². The average molecular weight is 335 g/mol. The highest BCUT2D eigenvalue weighted by molar-refractivity contribution is 6.01.